The molecule has 0 bridgehead atoms. The van der Waals surface area contributed by atoms with Crippen molar-refractivity contribution in [3.8, 4) is 5.75 Å². The van der Waals surface area contributed by atoms with Gasteiger partial charge in [0, 0.05) is 19.1 Å². The molecule has 1 atom stereocenters. The van der Waals surface area contributed by atoms with E-state index in [1.165, 1.54) is 17.5 Å². The van der Waals surface area contributed by atoms with Gasteiger partial charge in [-0.15, -0.1) is 0 Å². The Hall–Kier alpha value is -1.06. The van der Waals surface area contributed by atoms with Crippen molar-refractivity contribution in [3.05, 3.63) is 29.3 Å². The van der Waals surface area contributed by atoms with Crippen LogP contribution in [-0.2, 0) is 12.8 Å². The summed E-state index contributed by atoms with van der Waals surface area (Å²) in [6.45, 7) is 1.68. The summed E-state index contributed by atoms with van der Waals surface area (Å²) in [5.74, 6) is 1.02. The number of aliphatic hydroxyl groups excluding tert-OH is 1. The van der Waals surface area contributed by atoms with E-state index in [0.717, 1.165) is 31.7 Å². The predicted molar refractivity (Wildman–Crippen MR) is 66.4 cm³/mol. The lowest BCUT2D eigenvalue weighted by Crippen LogP contribution is -2.56. The number of ether oxygens (including phenoxy) is 1. The fourth-order valence-electron chi connectivity index (χ4n) is 3.03. The van der Waals surface area contributed by atoms with Crippen molar-refractivity contribution in [2.24, 2.45) is 0 Å². The van der Waals surface area contributed by atoms with Crippen LogP contribution in [0.15, 0.2) is 18.2 Å². The van der Waals surface area contributed by atoms with E-state index < -0.39 is 0 Å². The van der Waals surface area contributed by atoms with Gasteiger partial charge in [0.05, 0.1) is 13.2 Å². The maximum atomic E-state index is 9.38. The highest BCUT2D eigenvalue weighted by atomic mass is 16.5. The average Bonchev–Trinajstić information content (AvgIpc) is 2.33. The zero-order valence-electron chi connectivity index (χ0n) is 10.2. The summed E-state index contributed by atoms with van der Waals surface area (Å²) in [7, 11) is 1.74. The number of hydrogen-bond acceptors (Lipinski definition) is 3. The molecule has 1 aliphatic heterocycles. The second kappa shape index (κ2) is 4.31. The van der Waals surface area contributed by atoms with Crippen LogP contribution in [0.4, 0.5) is 0 Å². The molecule has 1 aliphatic carbocycles. The first-order chi connectivity index (χ1) is 8.28. The number of likely N-dealkylation sites (tertiary alicyclic amines) is 1. The summed E-state index contributed by atoms with van der Waals surface area (Å²) in [6, 6.07) is 6.92. The van der Waals surface area contributed by atoms with E-state index in [0.29, 0.717) is 6.04 Å². The quantitative estimate of drug-likeness (QED) is 0.834. The summed E-state index contributed by atoms with van der Waals surface area (Å²) < 4.78 is 5.45. The molecule has 3 heteroatoms. The Morgan fingerprint density at radius 1 is 1.35 bits per heavy atom. The van der Waals surface area contributed by atoms with Gasteiger partial charge in [0.1, 0.15) is 5.75 Å². The Bertz CT molecular complexity index is 398. The van der Waals surface area contributed by atoms with E-state index >= 15 is 0 Å². The second-order valence-corrected chi connectivity index (χ2v) is 5.10. The van der Waals surface area contributed by atoms with Gasteiger partial charge in [0.2, 0.25) is 0 Å². The molecule has 0 spiro atoms. The Kier molecular flexibility index (Phi) is 2.81. The molecule has 3 rings (SSSR count). The van der Waals surface area contributed by atoms with Crippen LogP contribution in [0.25, 0.3) is 0 Å². The van der Waals surface area contributed by atoms with Gasteiger partial charge >= 0.3 is 0 Å². The molecule has 0 amide bonds. The average molecular weight is 233 g/mol. The smallest absolute Gasteiger partial charge is 0.122 e. The lowest BCUT2D eigenvalue weighted by Gasteiger charge is -2.44. The molecule has 1 N–H and O–H groups in total. The lowest BCUT2D eigenvalue weighted by molar-refractivity contribution is -0.0278. The van der Waals surface area contributed by atoms with E-state index in [-0.39, 0.29) is 6.10 Å². The van der Waals surface area contributed by atoms with E-state index in [2.05, 4.69) is 17.0 Å². The zero-order valence-corrected chi connectivity index (χ0v) is 10.2. The van der Waals surface area contributed by atoms with Crippen molar-refractivity contribution in [2.75, 3.05) is 20.2 Å². The van der Waals surface area contributed by atoms with Crippen LogP contribution in [-0.4, -0.2) is 42.4 Å². The van der Waals surface area contributed by atoms with Crippen LogP contribution in [0.5, 0.6) is 5.75 Å². The highest BCUT2D eigenvalue weighted by Crippen LogP contribution is 2.32. The third kappa shape index (κ3) is 1.94. The number of aryl methyl sites for hydroxylation is 1. The maximum Gasteiger partial charge on any atom is 0.122 e. The first kappa shape index (κ1) is 11.1. The largest absolute Gasteiger partial charge is 0.496 e. The predicted octanol–water partition coefficient (Wildman–Crippen LogP) is 1.23. The van der Waals surface area contributed by atoms with Crippen LogP contribution in [0, 0.1) is 0 Å². The van der Waals surface area contributed by atoms with Gasteiger partial charge in [-0.1, -0.05) is 12.1 Å². The standard InChI is InChI=1S/C14H19NO2/c1-17-14-4-2-3-10-5-6-11(7-13(10)14)15-8-12(16)9-15/h2-4,11-12,16H,5-9H2,1H3. The summed E-state index contributed by atoms with van der Waals surface area (Å²) >= 11 is 0. The van der Waals surface area contributed by atoms with Gasteiger partial charge in [-0.2, -0.15) is 0 Å². The van der Waals surface area contributed by atoms with Crippen molar-refractivity contribution >= 4 is 0 Å². The van der Waals surface area contributed by atoms with Gasteiger partial charge in [-0.3, -0.25) is 4.90 Å². The van der Waals surface area contributed by atoms with Crippen molar-refractivity contribution in [3.63, 3.8) is 0 Å². The Morgan fingerprint density at radius 2 is 2.18 bits per heavy atom. The molecule has 1 aromatic carbocycles. The minimum absolute atomic E-state index is 0.103. The number of aliphatic hydroxyl groups is 1. The highest BCUT2D eigenvalue weighted by Gasteiger charge is 2.33. The molecule has 2 aliphatic rings. The second-order valence-electron chi connectivity index (χ2n) is 5.10. The van der Waals surface area contributed by atoms with Gasteiger partial charge in [-0.25, -0.2) is 0 Å². The molecule has 1 fully saturated rings. The number of β-amino-alcohol motifs (C(OH)–C–C–N with tert-alkyl or cyclic N) is 1. The molecule has 17 heavy (non-hydrogen) atoms. The number of fused-ring (bicyclic) bond motifs is 1. The first-order valence-electron chi connectivity index (χ1n) is 6.35. The molecule has 3 nitrogen and oxygen atoms in total. The Balaban J connectivity index is 1.79. The van der Waals surface area contributed by atoms with Crippen LogP contribution in [0.2, 0.25) is 0 Å². The summed E-state index contributed by atoms with van der Waals surface area (Å²) in [5, 5.41) is 9.38. The van der Waals surface area contributed by atoms with Crippen LogP contribution in [0.3, 0.4) is 0 Å². The van der Waals surface area contributed by atoms with Crippen molar-refractivity contribution in [1.82, 2.24) is 4.90 Å². The molecule has 0 aromatic heterocycles. The topological polar surface area (TPSA) is 32.7 Å². The molecule has 1 unspecified atom stereocenters. The minimum Gasteiger partial charge on any atom is -0.496 e. The SMILES string of the molecule is COc1cccc2c1CC(N1CC(O)C1)CC2. The molecule has 92 valence electrons. The van der Waals surface area contributed by atoms with E-state index in [1.807, 2.05) is 6.07 Å². The highest BCUT2D eigenvalue weighted by molar-refractivity contribution is 5.42. The molecule has 1 saturated heterocycles. The van der Waals surface area contributed by atoms with E-state index in [9.17, 15) is 5.11 Å². The van der Waals surface area contributed by atoms with Crippen molar-refractivity contribution in [2.45, 2.75) is 31.4 Å². The number of methoxy groups -OCH3 is 1. The number of nitrogens with zero attached hydrogens (tertiary/aromatic N) is 1. The molecule has 1 aromatic rings. The number of hydrogen-bond donors (Lipinski definition) is 1. The molecule has 1 heterocycles. The molecule has 0 radical (unpaired) electrons. The van der Waals surface area contributed by atoms with Gasteiger partial charge in [0.15, 0.2) is 0 Å². The van der Waals surface area contributed by atoms with Crippen molar-refractivity contribution < 1.29 is 9.84 Å². The maximum absolute atomic E-state index is 9.38. The van der Waals surface area contributed by atoms with E-state index in [1.54, 1.807) is 7.11 Å². The minimum atomic E-state index is -0.103. The Labute approximate surface area is 102 Å². The van der Waals surface area contributed by atoms with E-state index in [4.69, 9.17) is 4.74 Å². The number of rotatable bonds is 2. The normalized spacial score (nSPS) is 25.2. The van der Waals surface area contributed by atoms with Gasteiger partial charge < -0.3 is 9.84 Å². The number of benzene rings is 1. The molecule has 0 saturated carbocycles. The monoisotopic (exact) mass is 233 g/mol. The van der Waals surface area contributed by atoms with Gasteiger partial charge in [0.25, 0.3) is 0 Å². The third-order valence-electron chi connectivity index (χ3n) is 4.04. The molecular weight excluding hydrogens is 214 g/mol. The third-order valence-corrected chi connectivity index (χ3v) is 4.04. The van der Waals surface area contributed by atoms with Crippen LogP contribution >= 0.6 is 0 Å². The first-order valence-corrected chi connectivity index (χ1v) is 6.35. The zero-order chi connectivity index (χ0) is 11.8. The summed E-state index contributed by atoms with van der Waals surface area (Å²) in [5.41, 5.74) is 2.80. The molecular formula is C14H19NO2. The van der Waals surface area contributed by atoms with Crippen LogP contribution < -0.4 is 4.74 Å². The lowest BCUT2D eigenvalue weighted by atomic mass is 9.85. The fourth-order valence-corrected chi connectivity index (χ4v) is 3.03. The Morgan fingerprint density at radius 3 is 2.88 bits per heavy atom. The summed E-state index contributed by atoms with van der Waals surface area (Å²) in [4.78, 5) is 2.39. The van der Waals surface area contributed by atoms with Crippen LogP contribution in [0.1, 0.15) is 17.5 Å². The summed E-state index contributed by atoms with van der Waals surface area (Å²) in [6.07, 6.45) is 3.29. The fraction of sp³-hybridized carbons (Fsp3) is 0.571. The van der Waals surface area contributed by atoms with Crippen molar-refractivity contribution in [1.29, 1.82) is 0 Å². The van der Waals surface area contributed by atoms with Gasteiger partial charge in [-0.05, 0) is 36.5 Å².